The van der Waals surface area contributed by atoms with E-state index in [9.17, 15) is 9.90 Å². The predicted octanol–water partition coefficient (Wildman–Crippen LogP) is 4.25. The summed E-state index contributed by atoms with van der Waals surface area (Å²) in [5.41, 5.74) is 1.80. The molecule has 1 heterocycles. The number of hydrogen-bond acceptors (Lipinski definition) is 4. The lowest BCUT2D eigenvalue weighted by atomic mass is 9.76. The van der Waals surface area contributed by atoms with E-state index in [0.717, 1.165) is 49.8 Å². The molecule has 1 N–H and O–H groups in total. The van der Waals surface area contributed by atoms with Crippen LogP contribution >= 0.6 is 0 Å². The summed E-state index contributed by atoms with van der Waals surface area (Å²) in [5.74, 6) is 0.774. The fraction of sp³-hybridized carbons (Fsp3) is 0.545. The molecule has 27 heavy (non-hydrogen) atoms. The van der Waals surface area contributed by atoms with Gasteiger partial charge in [-0.1, -0.05) is 37.8 Å². The molecule has 1 aliphatic heterocycles. The van der Waals surface area contributed by atoms with Crippen LogP contribution in [0, 0.1) is 11.8 Å². The molecule has 0 radical (unpaired) electrons. The Balaban J connectivity index is 1.73. The van der Waals surface area contributed by atoms with E-state index in [1.165, 1.54) is 12.8 Å². The van der Waals surface area contributed by atoms with Crippen molar-refractivity contribution in [2.24, 2.45) is 16.9 Å². The second-order valence-corrected chi connectivity index (χ2v) is 7.86. The molecule has 1 amide bonds. The molecule has 5 nitrogen and oxygen atoms in total. The largest absolute Gasteiger partial charge is 0.504 e. The summed E-state index contributed by atoms with van der Waals surface area (Å²) in [6, 6.07) is 5.63. The van der Waals surface area contributed by atoms with Crippen LogP contribution in [0.3, 0.4) is 0 Å². The van der Waals surface area contributed by atoms with E-state index in [4.69, 9.17) is 9.84 Å². The van der Waals surface area contributed by atoms with E-state index < -0.39 is 0 Å². The molecule has 0 aromatic heterocycles. The van der Waals surface area contributed by atoms with Gasteiger partial charge in [-0.15, -0.1) is 0 Å². The number of rotatable bonds is 3. The van der Waals surface area contributed by atoms with Crippen LogP contribution in [-0.4, -0.2) is 34.9 Å². The number of aromatic hydroxyl groups is 1. The van der Waals surface area contributed by atoms with Crippen LogP contribution in [0.15, 0.2) is 35.5 Å². The van der Waals surface area contributed by atoms with Crippen LogP contribution in [-0.2, 0) is 4.79 Å². The number of phenols is 1. The number of carbonyl (C=O) groups excluding carboxylic acids is 1. The maximum absolute atomic E-state index is 13.2. The Kier molecular flexibility index (Phi) is 5.19. The van der Waals surface area contributed by atoms with Gasteiger partial charge in [0.15, 0.2) is 11.5 Å². The minimum atomic E-state index is -0.0463. The molecule has 4 rings (SSSR count). The number of methoxy groups -OCH3 is 1. The van der Waals surface area contributed by atoms with Gasteiger partial charge in [0.2, 0.25) is 5.91 Å². The average molecular weight is 368 g/mol. The summed E-state index contributed by atoms with van der Waals surface area (Å²) in [6.45, 7) is 0. The van der Waals surface area contributed by atoms with Crippen molar-refractivity contribution in [1.29, 1.82) is 0 Å². The number of allylic oxidation sites excluding steroid dienone is 2. The first-order valence-corrected chi connectivity index (χ1v) is 10.1. The Labute approximate surface area is 160 Å². The van der Waals surface area contributed by atoms with Gasteiger partial charge in [0.05, 0.1) is 24.8 Å². The lowest BCUT2D eigenvalue weighted by molar-refractivity contribution is -0.140. The minimum absolute atomic E-state index is 0.0463. The van der Waals surface area contributed by atoms with Crippen LogP contribution in [0.25, 0.3) is 0 Å². The highest BCUT2D eigenvalue weighted by atomic mass is 16.5. The second-order valence-electron chi connectivity index (χ2n) is 7.86. The Hall–Kier alpha value is -2.30. The van der Waals surface area contributed by atoms with Crippen LogP contribution in [0.1, 0.15) is 56.9 Å². The molecule has 0 spiro atoms. The molecule has 0 saturated heterocycles. The highest BCUT2D eigenvalue weighted by Crippen LogP contribution is 2.38. The number of hydrogen-bond donors (Lipinski definition) is 1. The first kappa shape index (κ1) is 18.1. The van der Waals surface area contributed by atoms with Crippen molar-refractivity contribution in [3.05, 3.63) is 35.9 Å². The molecule has 3 aliphatic rings. The molecule has 1 aromatic carbocycles. The third-order valence-corrected chi connectivity index (χ3v) is 6.19. The van der Waals surface area contributed by atoms with Crippen molar-refractivity contribution >= 4 is 11.6 Å². The highest BCUT2D eigenvalue weighted by molar-refractivity contribution is 6.07. The van der Waals surface area contributed by atoms with Crippen molar-refractivity contribution in [3.63, 3.8) is 0 Å². The van der Waals surface area contributed by atoms with Crippen molar-refractivity contribution in [2.75, 3.05) is 7.11 Å². The quantitative estimate of drug-likeness (QED) is 0.641. The first-order chi connectivity index (χ1) is 13.2. The number of ether oxygens (including phenoxy) is 1. The molecule has 144 valence electrons. The first-order valence-electron chi connectivity index (χ1n) is 10.1. The van der Waals surface area contributed by atoms with E-state index in [-0.39, 0.29) is 29.5 Å². The van der Waals surface area contributed by atoms with Gasteiger partial charge in [0, 0.05) is 11.5 Å². The van der Waals surface area contributed by atoms with Gasteiger partial charge in [0.1, 0.15) is 0 Å². The molecule has 0 unspecified atom stereocenters. The van der Waals surface area contributed by atoms with Crippen LogP contribution in [0.5, 0.6) is 11.5 Å². The number of benzene rings is 1. The average Bonchev–Trinajstić information content (AvgIpc) is 2.98. The van der Waals surface area contributed by atoms with E-state index in [1.807, 2.05) is 6.07 Å². The molecule has 2 aliphatic carbocycles. The van der Waals surface area contributed by atoms with Gasteiger partial charge in [-0.3, -0.25) is 4.79 Å². The van der Waals surface area contributed by atoms with Gasteiger partial charge < -0.3 is 9.84 Å². The summed E-state index contributed by atoms with van der Waals surface area (Å²) in [6.07, 6.45) is 12.7. The second kappa shape index (κ2) is 7.75. The molecular formula is C22H28N2O3. The fourth-order valence-corrected chi connectivity index (χ4v) is 4.68. The molecule has 1 fully saturated rings. The monoisotopic (exact) mass is 368 g/mol. The SMILES string of the molecule is COc1ccc(C2=NN(C3CCCCCC3)C(=O)[C@@H]3CC=CC[C@H]23)cc1O. The fourth-order valence-electron chi connectivity index (χ4n) is 4.68. The van der Waals surface area contributed by atoms with Gasteiger partial charge in [-0.05, 0) is 43.9 Å². The van der Waals surface area contributed by atoms with E-state index in [0.29, 0.717) is 5.75 Å². The van der Waals surface area contributed by atoms with Crippen LogP contribution in [0.2, 0.25) is 0 Å². The summed E-state index contributed by atoms with van der Waals surface area (Å²) in [5, 5.41) is 16.9. The normalized spacial score (nSPS) is 26.3. The minimum Gasteiger partial charge on any atom is -0.504 e. The lowest BCUT2D eigenvalue weighted by Crippen LogP contribution is -2.49. The van der Waals surface area contributed by atoms with E-state index in [1.54, 1.807) is 24.3 Å². The summed E-state index contributed by atoms with van der Waals surface area (Å²) < 4.78 is 5.18. The maximum atomic E-state index is 13.2. The molecule has 0 bridgehead atoms. The number of amides is 1. The maximum Gasteiger partial charge on any atom is 0.247 e. The zero-order valence-corrected chi connectivity index (χ0v) is 15.9. The number of carbonyl (C=O) groups is 1. The van der Waals surface area contributed by atoms with E-state index >= 15 is 0 Å². The smallest absolute Gasteiger partial charge is 0.247 e. The number of phenolic OH excluding ortho intramolecular Hbond substituents is 1. The van der Waals surface area contributed by atoms with Crippen molar-refractivity contribution < 1.29 is 14.6 Å². The van der Waals surface area contributed by atoms with Crippen LogP contribution in [0.4, 0.5) is 0 Å². The van der Waals surface area contributed by atoms with Gasteiger partial charge in [-0.2, -0.15) is 5.10 Å². The van der Waals surface area contributed by atoms with Crippen molar-refractivity contribution in [2.45, 2.75) is 57.4 Å². The van der Waals surface area contributed by atoms with Crippen LogP contribution < -0.4 is 4.74 Å². The molecular weight excluding hydrogens is 340 g/mol. The summed E-state index contributed by atoms with van der Waals surface area (Å²) in [7, 11) is 1.54. The summed E-state index contributed by atoms with van der Waals surface area (Å²) in [4.78, 5) is 13.2. The number of hydrazone groups is 1. The predicted molar refractivity (Wildman–Crippen MR) is 105 cm³/mol. The number of fused-ring (bicyclic) bond motifs is 1. The molecule has 1 saturated carbocycles. The zero-order chi connectivity index (χ0) is 18.8. The Morgan fingerprint density at radius 2 is 1.78 bits per heavy atom. The topological polar surface area (TPSA) is 62.1 Å². The molecule has 1 aromatic rings. The third-order valence-electron chi connectivity index (χ3n) is 6.19. The Bertz CT molecular complexity index is 763. The summed E-state index contributed by atoms with van der Waals surface area (Å²) >= 11 is 0. The standard InChI is InChI=1S/C22H28N2O3/c1-27-20-13-12-15(14-19(20)25)21-17-10-6-7-11-18(17)22(26)24(23-21)16-8-4-2-3-5-9-16/h6-7,12-14,16-18,25H,2-5,8-11H2,1H3/t17-,18+/m0/s1. The number of nitrogens with zero attached hydrogens (tertiary/aromatic N) is 2. The van der Waals surface area contributed by atoms with E-state index in [2.05, 4.69) is 12.2 Å². The Morgan fingerprint density at radius 1 is 1.07 bits per heavy atom. The van der Waals surface area contributed by atoms with Gasteiger partial charge >= 0.3 is 0 Å². The third kappa shape index (κ3) is 3.47. The van der Waals surface area contributed by atoms with Crippen molar-refractivity contribution in [3.8, 4) is 11.5 Å². The molecule has 5 heteroatoms. The molecule has 2 atom stereocenters. The lowest BCUT2D eigenvalue weighted by Gasteiger charge is -2.40. The van der Waals surface area contributed by atoms with Gasteiger partial charge in [0.25, 0.3) is 0 Å². The highest BCUT2D eigenvalue weighted by Gasteiger charge is 2.42. The van der Waals surface area contributed by atoms with Crippen molar-refractivity contribution in [1.82, 2.24) is 5.01 Å². The Morgan fingerprint density at radius 3 is 2.44 bits per heavy atom. The zero-order valence-electron chi connectivity index (χ0n) is 15.9. The van der Waals surface area contributed by atoms with Gasteiger partial charge in [-0.25, -0.2) is 5.01 Å².